The zero-order valence-corrected chi connectivity index (χ0v) is 15.8. The van der Waals surface area contributed by atoms with E-state index in [1.54, 1.807) is 11.0 Å². The molecule has 0 unspecified atom stereocenters. The standard InChI is InChI=1S/C18H23N3O5S/c22-18(21-8-10-25-11-9-21)17-15-12-14(6-7-16(15)26-19-17)27(23,24)20-13-4-2-1-3-5-13/h6-7,12-13,20H,1-5,8-11H2. The Kier molecular flexibility index (Phi) is 5.16. The number of rotatable bonds is 4. The SMILES string of the molecule is O=C(c1noc2ccc(S(=O)(=O)NC3CCCCC3)cc12)N1CCOCC1. The average Bonchev–Trinajstić information content (AvgIpc) is 3.12. The normalized spacial score (nSPS) is 19.5. The maximum absolute atomic E-state index is 12.8. The Morgan fingerprint density at radius 3 is 2.63 bits per heavy atom. The van der Waals surface area contributed by atoms with E-state index in [0.717, 1.165) is 32.1 Å². The van der Waals surface area contributed by atoms with Crippen LogP contribution in [0.3, 0.4) is 0 Å². The molecule has 9 heteroatoms. The maximum atomic E-state index is 12.8. The third kappa shape index (κ3) is 3.85. The van der Waals surface area contributed by atoms with Crippen LogP contribution in [-0.4, -0.2) is 56.7 Å². The zero-order valence-electron chi connectivity index (χ0n) is 15.0. The Morgan fingerprint density at radius 2 is 1.89 bits per heavy atom. The van der Waals surface area contributed by atoms with Gasteiger partial charge >= 0.3 is 0 Å². The molecule has 1 N–H and O–H groups in total. The summed E-state index contributed by atoms with van der Waals surface area (Å²) >= 11 is 0. The van der Waals surface area contributed by atoms with Crippen molar-refractivity contribution in [1.82, 2.24) is 14.8 Å². The molecule has 0 bridgehead atoms. The summed E-state index contributed by atoms with van der Waals surface area (Å²) in [6, 6.07) is 4.48. The van der Waals surface area contributed by atoms with Gasteiger partial charge in [0.25, 0.3) is 5.91 Å². The number of nitrogens with one attached hydrogen (secondary N) is 1. The van der Waals surface area contributed by atoms with Crippen LogP contribution in [0.15, 0.2) is 27.6 Å². The number of carbonyl (C=O) groups is 1. The molecule has 4 rings (SSSR count). The fraction of sp³-hybridized carbons (Fsp3) is 0.556. The molecule has 1 aliphatic carbocycles. The van der Waals surface area contributed by atoms with Crippen molar-refractivity contribution >= 4 is 26.9 Å². The summed E-state index contributed by atoms with van der Waals surface area (Å²) in [6.45, 7) is 1.92. The largest absolute Gasteiger partial charge is 0.378 e. The number of carbonyl (C=O) groups excluding carboxylic acids is 1. The number of morpholine rings is 1. The van der Waals surface area contributed by atoms with Gasteiger partial charge in [0.05, 0.1) is 23.5 Å². The third-order valence-electron chi connectivity index (χ3n) is 5.18. The topological polar surface area (TPSA) is 102 Å². The van der Waals surface area contributed by atoms with Gasteiger partial charge in [-0.3, -0.25) is 4.79 Å². The van der Waals surface area contributed by atoms with Gasteiger partial charge in [0, 0.05) is 19.1 Å². The highest BCUT2D eigenvalue weighted by Gasteiger charge is 2.26. The molecule has 1 aromatic heterocycles. The van der Waals surface area contributed by atoms with Gasteiger partial charge in [0.2, 0.25) is 10.0 Å². The van der Waals surface area contributed by atoms with Gasteiger partial charge < -0.3 is 14.2 Å². The smallest absolute Gasteiger partial charge is 0.276 e. The molecule has 2 heterocycles. The number of fused-ring (bicyclic) bond motifs is 1. The summed E-state index contributed by atoms with van der Waals surface area (Å²) in [7, 11) is -3.66. The third-order valence-corrected chi connectivity index (χ3v) is 6.70. The molecule has 1 saturated carbocycles. The lowest BCUT2D eigenvalue weighted by Gasteiger charge is -2.25. The van der Waals surface area contributed by atoms with Crippen LogP contribution in [0, 0.1) is 0 Å². The van der Waals surface area contributed by atoms with E-state index in [-0.39, 0.29) is 22.5 Å². The molecular weight excluding hydrogens is 370 g/mol. The minimum absolute atomic E-state index is 0.0311. The van der Waals surface area contributed by atoms with Crippen LogP contribution in [0.5, 0.6) is 0 Å². The van der Waals surface area contributed by atoms with Gasteiger partial charge in [-0.2, -0.15) is 0 Å². The molecule has 2 aliphatic rings. The highest BCUT2D eigenvalue weighted by Crippen LogP contribution is 2.25. The van der Waals surface area contributed by atoms with Crippen LogP contribution < -0.4 is 4.72 Å². The van der Waals surface area contributed by atoms with Crippen molar-refractivity contribution in [1.29, 1.82) is 0 Å². The Hall–Kier alpha value is -1.97. The number of hydrogen-bond donors (Lipinski definition) is 1. The second-order valence-electron chi connectivity index (χ2n) is 7.05. The summed E-state index contributed by atoms with van der Waals surface area (Å²) in [4.78, 5) is 14.5. The minimum atomic E-state index is -3.66. The van der Waals surface area contributed by atoms with Crippen molar-refractivity contribution < 1.29 is 22.5 Å². The first-order chi connectivity index (χ1) is 13.0. The summed E-state index contributed by atoms with van der Waals surface area (Å²) in [6.07, 6.45) is 4.94. The van der Waals surface area contributed by atoms with Crippen LogP contribution in [0.25, 0.3) is 11.0 Å². The van der Waals surface area contributed by atoms with Crippen molar-refractivity contribution in [3.05, 3.63) is 23.9 Å². The van der Waals surface area contributed by atoms with Crippen molar-refractivity contribution in [2.75, 3.05) is 26.3 Å². The van der Waals surface area contributed by atoms with Gasteiger partial charge in [-0.15, -0.1) is 0 Å². The Labute approximate surface area is 157 Å². The molecule has 2 fully saturated rings. The van der Waals surface area contributed by atoms with Crippen LogP contribution in [0.4, 0.5) is 0 Å². The molecule has 1 aromatic carbocycles. The van der Waals surface area contributed by atoms with E-state index in [9.17, 15) is 13.2 Å². The van der Waals surface area contributed by atoms with Crippen molar-refractivity contribution in [3.63, 3.8) is 0 Å². The number of nitrogens with zero attached hydrogens (tertiary/aromatic N) is 2. The number of benzene rings is 1. The van der Waals surface area contributed by atoms with E-state index in [1.165, 1.54) is 12.1 Å². The monoisotopic (exact) mass is 393 g/mol. The van der Waals surface area contributed by atoms with E-state index in [1.807, 2.05) is 0 Å². The quantitative estimate of drug-likeness (QED) is 0.851. The molecule has 0 spiro atoms. The molecule has 0 atom stereocenters. The fourth-order valence-electron chi connectivity index (χ4n) is 3.66. The van der Waals surface area contributed by atoms with Gasteiger partial charge in [0.15, 0.2) is 11.3 Å². The van der Waals surface area contributed by atoms with Gasteiger partial charge in [-0.05, 0) is 31.0 Å². The summed E-state index contributed by atoms with van der Waals surface area (Å²) < 4.78 is 38.8. The van der Waals surface area contributed by atoms with Crippen LogP contribution in [0.1, 0.15) is 42.6 Å². The van der Waals surface area contributed by atoms with Crippen molar-refractivity contribution in [3.8, 4) is 0 Å². The van der Waals surface area contributed by atoms with Crippen molar-refractivity contribution in [2.45, 2.75) is 43.0 Å². The molecule has 146 valence electrons. The Bertz CT molecular complexity index is 928. The van der Waals surface area contributed by atoms with E-state index < -0.39 is 10.0 Å². The van der Waals surface area contributed by atoms with Gasteiger partial charge in [0.1, 0.15) is 0 Å². The van der Waals surface area contributed by atoms with E-state index in [0.29, 0.717) is 37.3 Å². The molecule has 1 saturated heterocycles. The van der Waals surface area contributed by atoms with E-state index in [2.05, 4.69) is 9.88 Å². The highest BCUT2D eigenvalue weighted by atomic mass is 32.2. The van der Waals surface area contributed by atoms with Crippen LogP contribution in [-0.2, 0) is 14.8 Å². The number of sulfonamides is 1. The second kappa shape index (κ2) is 7.57. The lowest BCUT2D eigenvalue weighted by Crippen LogP contribution is -2.40. The molecule has 1 amide bonds. The molecule has 0 radical (unpaired) electrons. The molecule has 1 aliphatic heterocycles. The van der Waals surface area contributed by atoms with Crippen LogP contribution >= 0.6 is 0 Å². The summed E-state index contributed by atoms with van der Waals surface area (Å²) in [5.41, 5.74) is 0.532. The summed E-state index contributed by atoms with van der Waals surface area (Å²) in [5, 5.41) is 4.30. The zero-order chi connectivity index (χ0) is 18.9. The molecule has 2 aromatic rings. The lowest BCUT2D eigenvalue weighted by atomic mass is 9.96. The Morgan fingerprint density at radius 1 is 1.15 bits per heavy atom. The molecule has 27 heavy (non-hydrogen) atoms. The van der Waals surface area contributed by atoms with Crippen LogP contribution in [0.2, 0.25) is 0 Å². The van der Waals surface area contributed by atoms with Crippen molar-refractivity contribution in [2.24, 2.45) is 0 Å². The van der Waals surface area contributed by atoms with E-state index >= 15 is 0 Å². The average molecular weight is 393 g/mol. The predicted molar refractivity (Wildman–Crippen MR) is 97.9 cm³/mol. The molecular formula is C18H23N3O5S. The maximum Gasteiger partial charge on any atom is 0.276 e. The fourth-order valence-corrected chi connectivity index (χ4v) is 4.99. The second-order valence-corrected chi connectivity index (χ2v) is 8.76. The number of ether oxygens (including phenoxy) is 1. The molecule has 8 nitrogen and oxygen atoms in total. The first-order valence-corrected chi connectivity index (χ1v) is 10.8. The highest BCUT2D eigenvalue weighted by molar-refractivity contribution is 7.89. The predicted octanol–water partition coefficient (Wildman–Crippen LogP) is 1.91. The van der Waals surface area contributed by atoms with Gasteiger partial charge in [-0.1, -0.05) is 24.4 Å². The first-order valence-electron chi connectivity index (χ1n) is 9.33. The minimum Gasteiger partial charge on any atom is -0.378 e. The van der Waals surface area contributed by atoms with E-state index in [4.69, 9.17) is 9.26 Å². The number of hydrogen-bond acceptors (Lipinski definition) is 6. The summed E-state index contributed by atoms with van der Waals surface area (Å²) in [5.74, 6) is -0.271. The number of aromatic nitrogens is 1. The first kappa shape index (κ1) is 18.4. The van der Waals surface area contributed by atoms with Gasteiger partial charge in [-0.25, -0.2) is 13.1 Å². The lowest BCUT2D eigenvalue weighted by molar-refractivity contribution is 0.0297. The number of amides is 1. The Balaban J connectivity index is 1.62.